The van der Waals surface area contributed by atoms with Gasteiger partial charge in [-0.25, -0.2) is 0 Å². The molecule has 0 aromatic heterocycles. The van der Waals surface area contributed by atoms with E-state index in [1.165, 1.54) is 0 Å². The normalized spacial score (nSPS) is 16.7. The third-order valence-corrected chi connectivity index (χ3v) is 18.7. The van der Waals surface area contributed by atoms with E-state index in [-0.39, 0.29) is 0 Å². The molecule has 0 fully saturated rings. The average molecular weight is 809 g/mol. The number of allylic oxidation sites excluding steroid dienone is 2. The van der Waals surface area contributed by atoms with Crippen molar-refractivity contribution in [1.29, 1.82) is 0 Å². The van der Waals surface area contributed by atoms with E-state index in [0.29, 0.717) is 65.0 Å². The number of aryl methyl sites for hydroxylation is 2. The lowest BCUT2D eigenvalue weighted by atomic mass is 9.93. The minimum Gasteiger partial charge on any atom is -0.482 e. The van der Waals surface area contributed by atoms with Gasteiger partial charge in [-0.1, -0.05) is 75.2 Å². The van der Waals surface area contributed by atoms with Crippen LogP contribution in [0.5, 0.6) is 34.5 Å². The summed E-state index contributed by atoms with van der Waals surface area (Å²) in [5.41, 5.74) is 27.6. The molecule has 0 heterocycles. The van der Waals surface area contributed by atoms with Crippen molar-refractivity contribution >= 4 is 28.0 Å². The van der Waals surface area contributed by atoms with Gasteiger partial charge in [0.25, 0.3) is 0 Å². The van der Waals surface area contributed by atoms with Crippen molar-refractivity contribution in [2.45, 2.75) is 102 Å². The lowest BCUT2D eigenvalue weighted by Crippen LogP contribution is -2.57. The molecule has 2 unspecified atom stereocenters. The second-order valence-corrected chi connectivity index (χ2v) is 24.5. The Bertz CT molecular complexity index is 1960. The second-order valence-electron chi connectivity index (χ2n) is 15.9. The molecule has 11 heteroatoms. The molecule has 0 saturated heterocycles. The molecule has 4 aromatic rings. The highest BCUT2D eigenvalue weighted by molar-refractivity contribution is 6.85. The lowest BCUT2D eigenvalue weighted by Gasteiger charge is -2.45. The van der Waals surface area contributed by atoms with Crippen molar-refractivity contribution in [3.05, 3.63) is 120 Å². The van der Waals surface area contributed by atoms with Crippen molar-refractivity contribution in [2.24, 2.45) is 11.5 Å². The van der Waals surface area contributed by atoms with Crippen molar-refractivity contribution < 1.29 is 23.1 Å². The summed E-state index contributed by atoms with van der Waals surface area (Å²) in [4.78, 5) is 0. The first-order chi connectivity index (χ1) is 27.4. The van der Waals surface area contributed by atoms with Gasteiger partial charge in [0.1, 0.15) is 23.0 Å². The number of para-hydroxylation sites is 2. The number of hydrogen-bond acceptors (Lipinski definition) is 9. The van der Waals surface area contributed by atoms with E-state index in [1.54, 1.807) is 0 Å². The lowest BCUT2D eigenvalue weighted by molar-refractivity contribution is 0.0308. The third kappa shape index (κ3) is 12.0. The molecular formula is C46H64N4O5Si2. The highest BCUT2D eigenvalue weighted by Gasteiger charge is 2.48. The molecule has 0 radical (unpaired) electrons. The van der Waals surface area contributed by atoms with Crippen LogP contribution in [0.3, 0.4) is 0 Å². The van der Waals surface area contributed by atoms with Gasteiger partial charge in [-0.15, -0.1) is 0 Å². The minimum absolute atomic E-state index is 0.516. The van der Waals surface area contributed by atoms with E-state index in [2.05, 4.69) is 45.6 Å². The Morgan fingerprint density at radius 3 is 1.70 bits per heavy atom. The number of benzene rings is 4. The molecule has 0 bridgehead atoms. The Balaban J connectivity index is 1.48. The first-order valence-electron chi connectivity index (χ1n) is 20.5. The largest absolute Gasteiger partial charge is 0.482 e. The van der Waals surface area contributed by atoms with E-state index >= 15 is 0 Å². The highest BCUT2D eigenvalue weighted by atomic mass is 28.4. The quantitative estimate of drug-likeness (QED) is 0.0449. The minimum atomic E-state index is -2.48. The molecule has 9 nitrogen and oxygen atoms in total. The molecule has 0 saturated carbocycles. The zero-order valence-electron chi connectivity index (χ0n) is 34.6. The van der Waals surface area contributed by atoms with Gasteiger partial charge < -0.3 is 46.0 Å². The van der Waals surface area contributed by atoms with Gasteiger partial charge in [-0.05, 0) is 130 Å². The van der Waals surface area contributed by atoms with Crippen LogP contribution in [-0.2, 0) is 17.0 Å². The van der Waals surface area contributed by atoms with Gasteiger partial charge in [0.05, 0.1) is 11.4 Å². The summed E-state index contributed by atoms with van der Waals surface area (Å²) in [6.45, 7) is 12.5. The van der Waals surface area contributed by atoms with Crippen LogP contribution in [-0.4, -0.2) is 41.4 Å². The molecule has 2 atom stereocenters. The molecule has 0 amide bonds. The van der Waals surface area contributed by atoms with Crippen LogP contribution in [0.1, 0.15) is 50.7 Å². The Kier molecular flexibility index (Phi) is 15.5. The Morgan fingerprint density at radius 2 is 1.16 bits per heavy atom. The van der Waals surface area contributed by atoms with Gasteiger partial charge in [0.2, 0.25) is 0 Å². The van der Waals surface area contributed by atoms with Crippen LogP contribution < -0.4 is 41.9 Å². The van der Waals surface area contributed by atoms with Crippen LogP contribution >= 0.6 is 0 Å². The summed E-state index contributed by atoms with van der Waals surface area (Å²) in [6, 6.07) is 29.9. The predicted molar refractivity (Wildman–Crippen MR) is 241 cm³/mol. The van der Waals surface area contributed by atoms with E-state index in [4.69, 9.17) is 46.0 Å². The standard InChI is InChI=1S/C46H64N4O5Si2/c1-6-16-35-18-10-24-41(44(35)49)51-37-20-12-22-39(32-37)53-43-26-8-9-27-46(43,34-56(3,4)55-57(5,30-14-28-47)31-15-29-48)54-40-23-13-21-38(33-40)52-42-25-11-19-36(17-7-2)45(42)50/h8-13,18-27,32-33,43H,6-7,14-17,28-31,34,47-50H2,1-5H3. The van der Waals surface area contributed by atoms with Crippen LogP contribution in [0.25, 0.3) is 0 Å². The summed E-state index contributed by atoms with van der Waals surface area (Å²) in [6.07, 6.45) is 13.3. The highest BCUT2D eigenvalue weighted by Crippen LogP contribution is 2.41. The van der Waals surface area contributed by atoms with E-state index in [1.807, 2.05) is 97.1 Å². The van der Waals surface area contributed by atoms with Gasteiger partial charge in [-0.2, -0.15) is 0 Å². The third-order valence-electron chi connectivity index (χ3n) is 10.3. The van der Waals surface area contributed by atoms with Gasteiger partial charge >= 0.3 is 0 Å². The van der Waals surface area contributed by atoms with Crippen molar-refractivity contribution in [2.75, 3.05) is 24.6 Å². The number of rotatable bonds is 22. The van der Waals surface area contributed by atoms with Crippen LogP contribution in [0.2, 0.25) is 37.8 Å². The predicted octanol–water partition coefficient (Wildman–Crippen LogP) is 10.5. The van der Waals surface area contributed by atoms with Crippen molar-refractivity contribution in [1.82, 2.24) is 0 Å². The Hall–Kier alpha value is -4.53. The fraction of sp³-hybridized carbons (Fsp3) is 0.391. The number of hydrogen-bond donors (Lipinski definition) is 4. The number of anilines is 2. The summed E-state index contributed by atoms with van der Waals surface area (Å²) in [7, 11) is -4.64. The molecule has 8 N–H and O–H groups in total. The number of ether oxygens (including phenoxy) is 4. The maximum atomic E-state index is 7.37. The SMILES string of the molecule is CCCc1cccc(Oc2cccc(OC3C=CC=CC3(C[Si](C)(C)O[Si](C)(CCCN)CCCN)Oc3cccc(Oc4cccc(CCC)c4N)c3)c2)c1N. The zero-order chi connectivity index (χ0) is 40.9. The van der Waals surface area contributed by atoms with Gasteiger partial charge in [0.15, 0.2) is 39.8 Å². The molecule has 0 aliphatic heterocycles. The van der Waals surface area contributed by atoms with E-state index < -0.39 is 28.3 Å². The smallest absolute Gasteiger partial charge is 0.177 e. The molecule has 5 rings (SSSR count). The van der Waals surface area contributed by atoms with Crippen LogP contribution in [0.15, 0.2) is 109 Å². The summed E-state index contributed by atoms with van der Waals surface area (Å²) < 4.78 is 34.2. The summed E-state index contributed by atoms with van der Waals surface area (Å²) in [5.74, 6) is 3.77. The molecule has 1 aliphatic rings. The number of nitrogens with two attached hydrogens (primary N) is 4. The Labute approximate surface area is 342 Å². The first-order valence-corrected chi connectivity index (χ1v) is 26.5. The average Bonchev–Trinajstić information content (AvgIpc) is 3.17. The van der Waals surface area contributed by atoms with Crippen LogP contribution in [0, 0.1) is 0 Å². The van der Waals surface area contributed by atoms with E-state index in [0.717, 1.165) is 61.7 Å². The number of nitrogen functional groups attached to an aromatic ring is 2. The fourth-order valence-electron chi connectivity index (χ4n) is 7.78. The first kappa shape index (κ1) is 43.6. The molecule has 1 aliphatic carbocycles. The van der Waals surface area contributed by atoms with Crippen LogP contribution in [0.4, 0.5) is 11.4 Å². The van der Waals surface area contributed by atoms with E-state index in [9.17, 15) is 0 Å². The van der Waals surface area contributed by atoms with Gasteiger partial charge in [-0.3, -0.25) is 0 Å². The topological polar surface area (TPSA) is 150 Å². The molecule has 4 aromatic carbocycles. The van der Waals surface area contributed by atoms with Gasteiger partial charge in [0, 0.05) is 18.2 Å². The molecular weight excluding hydrogens is 745 g/mol. The molecule has 306 valence electrons. The summed E-state index contributed by atoms with van der Waals surface area (Å²) in [5, 5.41) is 0. The van der Waals surface area contributed by atoms with Crippen molar-refractivity contribution in [3.63, 3.8) is 0 Å². The molecule has 57 heavy (non-hydrogen) atoms. The fourth-order valence-corrected chi connectivity index (χ4v) is 18.1. The van der Waals surface area contributed by atoms with Crippen molar-refractivity contribution in [3.8, 4) is 34.5 Å². The second kappa shape index (κ2) is 20.2. The maximum absolute atomic E-state index is 7.37. The molecule has 0 spiro atoms. The zero-order valence-corrected chi connectivity index (χ0v) is 36.6. The monoisotopic (exact) mass is 808 g/mol. The summed E-state index contributed by atoms with van der Waals surface area (Å²) >= 11 is 0. The maximum Gasteiger partial charge on any atom is 0.177 e. The Morgan fingerprint density at radius 1 is 0.649 bits per heavy atom.